The summed E-state index contributed by atoms with van der Waals surface area (Å²) in [6.07, 6.45) is 5.80. The zero-order valence-electron chi connectivity index (χ0n) is 14.2. The van der Waals surface area contributed by atoms with Gasteiger partial charge in [0.1, 0.15) is 21.6 Å². The monoisotopic (exact) mass is 372 g/mol. The van der Waals surface area contributed by atoms with E-state index in [1.165, 1.54) is 43.0 Å². The average molecular weight is 373 g/mol. The van der Waals surface area contributed by atoms with Gasteiger partial charge in [0.05, 0.1) is 4.90 Å². The number of hydrogen-bond donors (Lipinski definition) is 0. The van der Waals surface area contributed by atoms with Gasteiger partial charge in [0.25, 0.3) is 0 Å². The maximum Gasteiger partial charge on any atom is 1.00 e. The summed E-state index contributed by atoms with van der Waals surface area (Å²) < 4.78 is 38.8. The van der Waals surface area contributed by atoms with Crippen LogP contribution in [0.3, 0.4) is 0 Å². The third-order valence-corrected chi connectivity index (χ3v) is 4.38. The van der Waals surface area contributed by atoms with Crippen LogP contribution in [0.2, 0.25) is 0 Å². The molecule has 124 valence electrons. The Labute approximate surface area is 186 Å². The third kappa shape index (κ3) is 7.35. The number of ether oxygens (including phenoxy) is 1. The smallest absolute Gasteiger partial charge is 0.744 e. The molecule has 4 nitrogen and oxygen atoms in total. The molecule has 0 heterocycles. The van der Waals surface area contributed by atoms with Gasteiger partial charge in [-0.3, -0.25) is 0 Å². The van der Waals surface area contributed by atoms with Gasteiger partial charge in [0.15, 0.2) is 0 Å². The molecule has 0 saturated carbocycles. The van der Waals surface area contributed by atoms with Crippen molar-refractivity contribution in [3.05, 3.63) is 54.1 Å². The standard InChI is InChI=1S/C18H22O4S.K/c1-2-3-4-5-8-15-9-6-10-16(13-15)22-17-11-7-12-18(14-17)23(19,20)21;/h6-7,9-14H,2-5,8H2,1H3,(H,19,20,21);/q;+1/p-1. The summed E-state index contributed by atoms with van der Waals surface area (Å²) in [7, 11) is -4.47. The van der Waals surface area contributed by atoms with Gasteiger partial charge in [0.2, 0.25) is 0 Å². The van der Waals surface area contributed by atoms with Gasteiger partial charge >= 0.3 is 51.4 Å². The normalized spacial score (nSPS) is 10.9. The molecule has 2 aromatic carbocycles. The fourth-order valence-corrected chi connectivity index (χ4v) is 2.86. The van der Waals surface area contributed by atoms with Crippen LogP contribution >= 0.6 is 0 Å². The van der Waals surface area contributed by atoms with E-state index < -0.39 is 10.1 Å². The Kier molecular flexibility index (Phi) is 9.74. The topological polar surface area (TPSA) is 66.4 Å². The van der Waals surface area contributed by atoms with Crippen LogP contribution in [0.1, 0.15) is 38.2 Å². The van der Waals surface area contributed by atoms with Gasteiger partial charge in [-0.1, -0.05) is 44.4 Å². The molecule has 0 fully saturated rings. The fraction of sp³-hybridized carbons (Fsp3) is 0.333. The van der Waals surface area contributed by atoms with Gasteiger partial charge in [-0.15, -0.1) is 0 Å². The first kappa shape index (κ1) is 21.8. The van der Waals surface area contributed by atoms with Crippen molar-refractivity contribution < 1.29 is 69.1 Å². The summed E-state index contributed by atoms with van der Waals surface area (Å²) in [5.41, 5.74) is 1.19. The maximum atomic E-state index is 11.1. The van der Waals surface area contributed by atoms with Crippen LogP contribution in [0.4, 0.5) is 0 Å². The summed E-state index contributed by atoms with van der Waals surface area (Å²) in [5.74, 6) is 0.975. The van der Waals surface area contributed by atoms with Crippen molar-refractivity contribution in [2.75, 3.05) is 0 Å². The summed E-state index contributed by atoms with van der Waals surface area (Å²) in [5, 5.41) is 0. The Hall–Kier alpha value is -0.214. The van der Waals surface area contributed by atoms with Crippen molar-refractivity contribution in [3.8, 4) is 11.5 Å². The molecule has 0 aliphatic carbocycles. The van der Waals surface area contributed by atoms with Crippen LogP contribution in [-0.2, 0) is 16.5 Å². The molecule has 0 bridgehead atoms. The first-order valence-corrected chi connectivity index (χ1v) is 9.22. The van der Waals surface area contributed by atoms with E-state index in [1.807, 2.05) is 18.2 Å². The van der Waals surface area contributed by atoms with Crippen LogP contribution < -0.4 is 56.1 Å². The van der Waals surface area contributed by atoms with Crippen molar-refractivity contribution in [1.82, 2.24) is 0 Å². The van der Waals surface area contributed by atoms with E-state index in [4.69, 9.17) is 4.74 Å². The molecular formula is C18H21KO4S. The second-order valence-corrected chi connectivity index (χ2v) is 6.87. The number of benzene rings is 2. The van der Waals surface area contributed by atoms with Crippen LogP contribution in [0.15, 0.2) is 53.4 Å². The third-order valence-electron chi connectivity index (χ3n) is 3.55. The minimum Gasteiger partial charge on any atom is -0.744 e. The molecule has 0 aliphatic rings. The number of aryl methyl sites for hydroxylation is 1. The van der Waals surface area contributed by atoms with Crippen molar-refractivity contribution in [2.24, 2.45) is 0 Å². The molecular weight excluding hydrogens is 351 g/mol. The minimum absolute atomic E-state index is 0. The zero-order chi connectivity index (χ0) is 16.7. The van der Waals surface area contributed by atoms with E-state index >= 15 is 0 Å². The second-order valence-electron chi connectivity index (χ2n) is 5.49. The first-order valence-electron chi connectivity index (χ1n) is 7.82. The zero-order valence-corrected chi connectivity index (χ0v) is 18.1. The second kappa shape index (κ2) is 10.7. The van der Waals surface area contributed by atoms with E-state index in [0.29, 0.717) is 11.5 Å². The summed E-state index contributed by atoms with van der Waals surface area (Å²) >= 11 is 0. The summed E-state index contributed by atoms with van der Waals surface area (Å²) in [4.78, 5) is -0.286. The number of unbranched alkanes of at least 4 members (excludes halogenated alkanes) is 3. The molecule has 0 aliphatic heterocycles. The molecule has 0 N–H and O–H groups in total. The van der Waals surface area contributed by atoms with Crippen LogP contribution in [0, 0.1) is 0 Å². The largest absolute Gasteiger partial charge is 1.00 e. The predicted molar refractivity (Wildman–Crippen MR) is 88.8 cm³/mol. The quantitative estimate of drug-likeness (QED) is 0.400. The van der Waals surface area contributed by atoms with Crippen LogP contribution in [0.5, 0.6) is 11.5 Å². The molecule has 0 radical (unpaired) electrons. The SMILES string of the molecule is CCCCCCc1cccc(Oc2cccc(S(=O)(=O)[O-])c2)c1.[K+]. The number of hydrogen-bond acceptors (Lipinski definition) is 4. The Morgan fingerprint density at radius 2 is 1.62 bits per heavy atom. The van der Waals surface area contributed by atoms with Gasteiger partial charge < -0.3 is 9.29 Å². The fourth-order valence-electron chi connectivity index (χ4n) is 2.35. The first-order chi connectivity index (χ1) is 11.0. The molecule has 24 heavy (non-hydrogen) atoms. The van der Waals surface area contributed by atoms with E-state index in [0.717, 1.165) is 12.8 Å². The van der Waals surface area contributed by atoms with Crippen LogP contribution in [-0.4, -0.2) is 13.0 Å². The van der Waals surface area contributed by atoms with E-state index in [-0.39, 0.29) is 56.3 Å². The van der Waals surface area contributed by atoms with E-state index in [1.54, 1.807) is 6.07 Å². The Balaban J connectivity index is 0.00000288. The number of rotatable bonds is 8. The van der Waals surface area contributed by atoms with E-state index in [2.05, 4.69) is 13.0 Å². The van der Waals surface area contributed by atoms with E-state index in [9.17, 15) is 13.0 Å². The summed E-state index contributed by atoms with van der Waals surface area (Å²) in [6.45, 7) is 2.19. The van der Waals surface area contributed by atoms with Crippen molar-refractivity contribution in [2.45, 2.75) is 43.9 Å². The van der Waals surface area contributed by atoms with Crippen LogP contribution in [0.25, 0.3) is 0 Å². The molecule has 2 aromatic rings. The average Bonchev–Trinajstić information content (AvgIpc) is 2.51. The molecule has 2 rings (SSSR count). The molecule has 0 unspecified atom stereocenters. The molecule has 0 saturated heterocycles. The van der Waals surface area contributed by atoms with Gasteiger partial charge in [-0.25, -0.2) is 8.42 Å². The molecule has 0 spiro atoms. The summed E-state index contributed by atoms with van der Waals surface area (Å²) in [6, 6.07) is 13.4. The van der Waals surface area contributed by atoms with Crippen molar-refractivity contribution in [3.63, 3.8) is 0 Å². The molecule has 6 heteroatoms. The van der Waals surface area contributed by atoms with Gasteiger partial charge in [-0.2, -0.15) is 0 Å². The maximum absolute atomic E-state index is 11.1. The minimum atomic E-state index is -4.47. The Bertz CT molecular complexity index is 744. The van der Waals surface area contributed by atoms with Crippen molar-refractivity contribution in [1.29, 1.82) is 0 Å². The van der Waals surface area contributed by atoms with Gasteiger partial charge in [-0.05, 0) is 48.7 Å². The Morgan fingerprint density at radius 1 is 0.958 bits per heavy atom. The van der Waals surface area contributed by atoms with Crippen molar-refractivity contribution >= 4 is 10.1 Å². The Morgan fingerprint density at radius 3 is 2.29 bits per heavy atom. The molecule has 0 atom stereocenters. The predicted octanol–water partition coefficient (Wildman–Crippen LogP) is 1.51. The molecule has 0 amide bonds. The van der Waals surface area contributed by atoms with Gasteiger partial charge in [0, 0.05) is 0 Å². The molecule has 0 aromatic heterocycles.